The summed E-state index contributed by atoms with van der Waals surface area (Å²) in [6.07, 6.45) is 3.84. The molecule has 1 aromatic carbocycles. The van der Waals surface area contributed by atoms with E-state index in [1.165, 1.54) is 24.7 Å². The van der Waals surface area contributed by atoms with Gasteiger partial charge in [-0.2, -0.15) is 4.73 Å². The minimum absolute atomic E-state index is 0.0209. The fraction of sp³-hybridized carbons (Fsp3) is 0.469. The fourth-order valence-electron chi connectivity index (χ4n) is 4.80. The summed E-state index contributed by atoms with van der Waals surface area (Å²) in [5.41, 5.74) is 0.156. The largest absolute Gasteiger partial charge is 0.618 e. The number of rotatable bonds is 9. The van der Waals surface area contributed by atoms with Crippen LogP contribution in [0.3, 0.4) is 0 Å². The zero-order valence-electron chi connectivity index (χ0n) is 27.6. The van der Waals surface area contributed by atoms with Gasteiger partial charge in [0.15, 0.2) is 31.9 Å². The predicted octanol–water partition coefficient (Wildman–Crippen LogP) is 5.27. The van der Waals surface area contributed by atoms with Crippen LogP contribution in [0.15, 0.2) is 48.9 Å². The van der Waals surface area contributed by atoms with E-state index >= 15 is 0 Å². The van der Waals surface area contributed by atoms with Crippen molar-refractivity contribution in [2.45, 2.75) is 77.9 Å². The fourth-order valence-corrected chi connectivity index (χ4v) is 5.74. The molecule has 0 spiro atoms. The Balaban J connectivity index is 1.36. The third-order valence-electron chi connectivity index (χ3n) is 8.72. The normalized spacial score (nSPS) is 16.2. The third kappa shape index (κ3) is 8.03. The van der Waals surface area contributed by atoms with E-state index in [0.29, 0.717) is 37.0 Å². The first-order valence-corrected chi connectivity index (χ1v) is 18.0. The van der Waals surface area contributed by atoms with Crippen molar-refractivity contribution in [1.82, 2.24) is 19.8 Å². The van der Waals surface area contributed by atoms with E-state index in [1.54, 1.807) is 17.9 Å². The number of carbonyl (C=O) groups excluding carboxylic acids is 2. The van der Waals surface area contributed by atoms with Gasteiger partial charge < -0.3 is 24.6 Å². The first kappa shape index (κ1) is 34.9. The van der Waals surface area contributed by atoms with Gasteiger partial charge in [0.2, 0.25) is 17.5 Å². The maximum absolute atomic E-state index is 13.9. The summed E-state index contributed by atoms with van der Waals surface area (Å²) in [4.78, 5) is 38.7. The first-order valence-electron chi connectivity index (χ1n) is 15.1. The molecule has 46 heavy (non-hydrogen) atoms. The van der Waals surface area contributed by atoms with Crippen molar-refractivity contribution in [2.24, 2.45) is 0 Å². The van der Waals surface area contributed by atoms with Crippen LogP contribution in [-0.2, 0) is 15.8 Å². The zero-order valence-corrected chi connectivity index (χ0v) is 28.6. The maximum Gasteiger partial charge on any atom is 0.254 e. The number of piperazine rings is 1. The molecule has 0 aliphatic carbocycles. The Morgan fingerprint density at radius 3 is 2.46 bits per heavy atom. The highest BCUT2D eigenvalue weighted by molar-refractivity contribution is 6.74. The number of nitrogens with zero attached hydrogens (tertiary/aromatic N) is 5. The molecule has 0 radical (unpaired) electrons. The van der Waals surface area contributed by atoms with E-state index in [0.717, 1.165) is 16.9 Å². The lowest BCUT2D eigenvalue weighted by Gasteiger charge is -2.48. The summed E-state index contributed by atoms with van der Waals surface area (Å²) in [5.74, 6) is -2.20. The molecule has 1 atom stereocenters. The smallest absolute Gasteiger partial charge is 0.254 e. The van der Waals surface area contributed by atoms with Gasteiger partial charge in [-0.05, 0) is 51.0 Å². The summed E-state index contributed by atoms with van der Waals surface area (Å²) in [7, 11) is -2.11. The molecular formula is C32H42F2N6O5Si. The number of carbonyl (C=O) groups is 2. The van der Waals surface area contributed by atoms with Crippen LogP contribution in [0.1, 0.15) is 57.6 Å². The van der Waals surface area contributed by atoms with Crippen LogP contribution in [0.25, 0.3) is 0 Å². The quantitative estimate of drug-likeness (QED) is 0.188. The van der Waals surface area contributed by atoms with Gasteiger partial charge in [0.05, 0.1) is 29.5 Å². The predicted molar refractivity (Wildman–Crippen MR) is 171 cm³/mol. The first-order chi connectivity index (χ1) is 21.4. The van der Waals surface area contributed by atoms with Crippen molar-refractivity contribution in [3.8, 4) is 11.6 Å². The number of benzene rings is 1. The molecule has 11 nitrogen and oxygen atoms in total. The summed E-state index contributed by atoms with van der Waals surface area (Å²) < 4.78 is 39.3. The maximum atomic E-state index is 13.9. The van der Waals surface area contributed by atoms with E-state index in [9.17, 15) is 23.6 Å². The van der Waals surface area contributed by atoms with Crippen LogP contribution in [0.4, 0.5) is 14.6 Å². The van der Waals surface area contributed by atoms with Crippen molar-refractivity contribution < 1.29 is 32.3 Å². The van der Waals surface area contributed by atoms with Gasteiger partial charge in [0.1, 0.15) is 12.4 Å². The monoisotopic (exact) mass is 656 g/mol. The van der Waals surface area contributed by atoms with Crippen LogP contribution in [0.2, 0.25) is 18.1 Å². The van der Waals surface area contributed by atoms with Gasteiger partial charge in [0, 0.05) is 37.8 Å². The van der Waals surface area contributed by atoms with Crippen molar-refractivity contribution in [2.75, 3.05) is 25.0 Å². The number of hydrogen-bond donors (Lipinski definition) is 1. The Morgan fingerprint density at radius 2 is 1.85 bits per heavy atom. The molecule has 14 heteroatoms. The molecule has 1 N–H and O–H groups in total. The second-order valence-electron chi connectivity index (χ2n) is 13.6. The molecule has 1 fully saturated rings. The molecule has 0 saturated carbocycles. The van der Waals surface area contributed by atoms with Crippen molar-refractivity contribution in [3.63, 3.8) is 0 Å². The molecule has 4 rings (SSSR count). The molecule has 1 aliphatic heterocycles. The van der Waals surface area contributed by atoms with Crippen LogP contribution in [0.5, 0.6) is 11.6 Å². The highest BCUT2D eigenvalue weighted by Gasteiger charge is 2.41. The van der Waals surface area contributed by atoms with Gasteiger partial charge in [-0.1, -0.05) is 20.8 Å². The van der Waals surface area contributed by atoms with Gasteiger partial charge in [-0.15, -0.1) is 0 Å². The number of amides is 2. The number of pyridine rings is 1. The van der Waals surface area contributed by atoms with E-state index in [1.807, 2.05) is 18.7 Å². The van der Waals surface area contributed by atoms with Gasteiger partial charge in [-0.25, -0.2) is 18.7 Å². The average Bonchev–Trinajstić information content (AvgIpc) is 2.97. The minimum atomic E-state index is -2.11. The van der Waals surface area contributed by atoms with Gasteiger partial charge >= 0.3 is 0 Å². The summed E-state index contributed by atoms with van der Waals surface area (Å²) >= 11 is 0. The molecule has 3 heterocycles. The highest BCUT2D eigenvalue weighted by atomic mass is 28.4. The third-order valence-corrected chi connectivity index (χ3v) is 13.2. The van der Waals surface area contributed by atoms with E-state index in [2.05, 4.69) is 49.1 Å². The second-order valence-corrected chi connectivity index (χ2v) is 18.4. The minimum Gasteiger partial charge on any atom is -0.618 e. The van der Waals surface area contributed by atoms with Gasteiger partial charge in [-0.3, -0.25) is 14.5 Å². The number of nitrogens with one attached hydrogen (secondary N) is 1. The van der Waals surface area contributed by atoms with E-state index in [-0.39, 0.29) is 40.9 Å². The Kier molecular flexibility index (Phi) is 10.1. The van der Waals surface area contributed by atoms with Crippen molar-refractivity contribution in [1.29, 1.82) is 0 Å². The van der Waals surface area contributed by atoms with Crippen molar-refractivity contribution >= 4 is 25.9 Å². The standard InChI is InChI=1S/C32H42F2N6O5Si/c1-21(29(41)37-27-17-36-28(18-35-27)45-26-10-9-23(33)16-25(26)34)38-13-14-39(32(5,6)20-38)30(42)22-11-12-40(43)24(15-22)19-44-46(7,8)31(2,3)4/h9-12,15-18,21H,13-14,19-20H2,1-8H3,(H,35,37,41)/t21-/m0/s1. The number of hydrogen-bond acceptors (Lipinski definition) is 8. The molecule has 2 amide bonds. The van der Waals surface area contributed by atoms with Crippen LogP contribution >= 0.6 is 0 Å². The average molecular weight is 657 g/mol. The number of ether oxygens (including phenoxy) is 1. The van der Waals surface area contributed by atoms with Crippen LogP contribution < -0.4 is 14.8 Å². The summed E-state index contributed by atoms with van der Waals surface area (Å²) in [5, 5.41) is 15.2. The summed E-state index contributed by atoms with van der Waals surface area (Å²) in [6, 6.07) is 5.47. The zero-order chi connectivity index (χ0) is 34.0. The Labute approximate surface area is 269 Å². The second kappa shape index (κ2) is 13.4. The molecule has 0 bridgehead atoms. The Morgan fingerprint density at radius 1 is 1.13 bits per heavy atom. The van der Waals surface area contributed by atoms with Gasteiger partial charge in [0.25, 0.3) is 5.91 Å². The molecule has 3 aromatic rings. The number of aromatic nitrogens is 3. The highest BCUT2D eigenvalue weighted by Crippen LogP contribution is 2.37. The molecule has 1 saturated heterocycles. The SMILES string of the molecule is C[C@@H](C(=O)Nc1cnc(Oc2ccc(F)cc2F)cn1)N1CCN(C(=O)c2cc[n+]([O-])c(CO[Si](C)(C)C(C)(C)C)c2)C(C)(C)C1. The van der Waals surface area contributed by atoms with Crippen molar-refractivity contribution in [3.05, 3.63) is 77.0 Å². The molecule has 2 aromatic heterocycles. The lowest BCUT2D eigenvalue weighted by Crippen LogP contribution is -2.63. The topological polar surface area (TPSA) is 124 Å². The van der Waals surface area contributed by atoms with Crippen LogP contribution in [-0.4, -0.2) is 71.1 Å². The molecule has 248 valence electrons. The molecule has 1 aliphatic rings. The molecule has 0 unspecified atom stereocenters. The van der Waals surface area contributed by atoms with Crippen LogP contribution in [0, 0.1) is 16.8 Å². The lowest BCUT2D eigenvalue weighted by atomic mass is 9.96. The van der Waals surface area contributed by atoms with E-state index < -0.39 is 31.5 Å². The summed E-state index contributed by atoms with van der Waals surface area (Å²) in [6.45, 7) is 17.6. The lowest BCUT2D eigenvalue weighted by molar-refractivity contribution is -0.616. The number of halogens is 2. The Bertz CT molecular complexity index is 1580. The molecular weight excluding hydrogens is 614 g/mol. The Hall–Kier alpha value is -4.01. The number of anilines is 1. The van der Waals surface area contributed by atoms with E-state index in [4.69, 9.17) is 9.16 Å².